The summed E-state index contributed by atoms with van der Waals surface area (Å²) >= 11 is 0. The summed E-state index contributed by atoms with van der Waals surface area (Å²) in [5.41, 5.74) is 0.314. The van der Waals surface area contributed by atoms with E-state index in [0.717, 1.165) is 12.8 Å². The second kappa shape index (κ2) is 9.85. The lowest BCUT2D eigenvalue weighted by Crippen LogP contribution is -2.48. The minimum absolute atomic E-state index is 0.0567. The van der Waals surface area contributed by atoms with Gasteiger partial charge in [-0.25, -0.2) is 8.42 Å². The van der Waals surface area contributed by atoms with Gasteiger partial charge in [0.05, 0.1) is 6.26 Å². The van der Waals surface area contributed by atoms with E-state index in [2.05, 4.69) is 24.3 Å². The maximum absolute atomic E-state index is 13.4. The Bertz CT molecular complexity index is 1080. The summed E-state index contributed by atoms with van der Waals surface area (Å²) in [5, 5.41) is 7.12. The van der Waals surface area contributed by atoms with Crippen LogP contribution in [0.25, 0.3) is 12.2 Å². The number of carbonyl (C=O) groups is 1. The van der Waals surface area contributed by atoms with Gasteiger partial charge in [0.2, 0.25) is 15.9 Å². The number of carbonyl (C=O) groups excluding carboxylic acids is 1. The lowest BCUT2D eigenvalue weighted by Gasteiger charge is -2.36. The van der Waals surface area contributed by atoms with Crippen LogP contribution in [0.2, 0.25) is 0 Å². The standard InChI is InChI=1S/C24H33N3O5S/c1-16-6-4-8-21(17(16)2)25-24(28)19-11-13-27(14-12-19)33(29,30)23-18(3)26-32-22(23)10-9-20-7-5-15-31-20/h5,7,9-10,15-17,19,21H,4,6,8,11-14H2,1-3H3,(H,25,28)/b10-9+. The molecule has 1 saturated carbocycles. The van der Waals surface area contributed by atoms with E-state index in [4.69, 9.17) is 8.94 Å². The summed E-state index contributed by atoms with van der Waals surface area (Å²) in [7, 11) is -3.80. The highest BCUT2D eigenvalue weighted by atomic mass is 32.2. The smallest absolute Gasteiger partial charge is 0.248 e. The zero-order valence-corrected chi connectivity index (χ0v) is 20.3. The lowest BCUT2D eigenvalue weighted by molar-refractivity contribution is -0.127. The molecule has 2 fully saturated rings. The Morgan fingerprint density at radius 1 is 1.18 bits per heavy atom. The molecule has 4 rings (SSSR count). The third kappa shape index (κ3) is 5.09. The second-order valence-electron chi connectivity index (χ2n) is 9.37. The molecule has 1 aliphatic carbocycles. The van der Waals surface area contributed by atoms with Gasteiger partial charge in [-0.05, 0) is 62.3 Å². The van der Waals surface area contributed by atoms with Gasteiger partial charge in [-0.15, -0.1) is 0 Å². The van der Waals surface area contributed by atoms with Gasteiger partial charge in [0.1, 0.15) is 11.5 Å². The van der Waals surface area contributed by atoms with E-state index in [1.807, 2.05) is 0 Å². The predicted octanol–water partition coefficient (Wildman–Crippen LogP) is 4.09. The van der Waals surface area contributed by atoms with Gasteiger partial charge in [-0.2, -0.15) is 4.31 Å². The summed E-state index contributed by atoms with van der Waals surface area (Å²) in [6.07, 6.45) is 9.12. The molecule has 2 aromatic rings. The van der Waals surface area contributed by atoms with Crippen LogP contribution in [0, 0.1) is 24.7 Å². The number of nitrogens with one attached hydrogen (secondary N) is 1. The molecule has 1 aliphatic heterocycles. The Morgan fingerprint density at radius 3 is 2.64 bits per heavy atom. The highest BCUT2D eigenvalue weighted by Gasteiger charge is 2.37. The van der Waals surface area contributed by atoms with E-state index in [1.165, 1.54) is 10.7 Å². The minimum Gasteiger partial charge on any atom is -0.465 e. The molecule has 3 unspecified atom stereocenters. The minimum atomic E-state index is -3.80. The van der Waals surface area contributed by atoms with Gasteiger partial charge in [-0.1, -0.05) is 31.8 Å². The molecule has 2 aliphatic rings. The molecule has 1 amide bonds. The molecule has 3 heterocycles. The van der Waals surface area contributed by atoms with E-state index in [1.54, 1.807) is 37.5 Å². The number of sulfonamides is 1. The molecule has 0 radical (unpaired) electrons. The van der Waals surface area contributed by atoms with Crippen molar-refractivity contribution >= 4 is 28.1 Å². The number of furan rings is 1. The van der Waals surface area contributed by atoms with Crippen LogP contribution in [0.15, 0.2) is 32.2 Å². The van der Waals surface area contributed by atoms with E-state index in [-0.39, 0.29) is 28.5 Å². The van der Waals surface area contributed by atoms with Crippen LogP contribution in [-0.4, -0.2) is 42.9 Å². The fraction of sp³-hybridized carbons (Fsp3) is 0.583. The Hall–Kier alpha value is -2.39. The number of hydrogen-bond acceptors (Lipinski definition) is 6. The molecule has 33 heavy (non-hydrogen) atoms. The molecule has 0 spiro atoms. The lowest BCUT2D eigenvalue weighted by atomic mass is 9.78. The van der Waals surface area contributed by atoms with Crippen LogP contribution in [-0.2, 0) is 14.8 Å². The van der Waals surface area contributed by atoms with E-state index < -0.39 is 10.0 Å². The number of rotatable bonds is 6. The summed E-state index contributed by atoms with van der Waals surface area (Å²) in [6.45, 7) is 6.67. The zero-order chi connectivity index (χ0) is 23.6. The Labute approximate surface area is 195 Å². The molecule has 9 heteroatoms. The Morgan fingerprint density at radius 2 is 1.94 bits per heavy atom. The maximum atomic E-state index is 13.4. The summed E-state index contributed by atoms with van der Waals surface area (Å²) in [5.74, 6) is 1.72. The highest BCUT2D eigenvalue weighted by Crippen LogP contribution is 2.32. The van der Waals surface area contributed by atoms with Gasteiger partial charge < -0.3 is 14.3 Å². The first-order valence-electron chi connectivity index (χ1n) is 11.8. The van der Waals surface area contributed by atoms with E-state index >= 15 is 0 Å². The molecule has 1 N–H and O–H groups in total. The first kappa shape index (κ1) is 23.8. The topological polar surface area (TPSA) is 106 Å². The van der Waals surface area contributed by atoms with Crippen molar-refractivity contribution in [2.75, 3.05) is 13.1 Å². The molecule has 1 saturated heterocycles. The molecule has 3 atom stereocenters. The SMILES string of the molecule is Cc1noc(/C=C/c2ccco2)c1S(=O)(=O)N1CCC(C(=O)NC2CCCC(C)C2C)CC1. The maximum Gasteiger partial charge on any atom is 0.248 e. The van der Waals surface area contributed by atoms with Crippen LogP contribution >= 0.6 is 0 Å². The molecule has 180 valence electrons. The quantitative estimate of drug-likeness (QED) is 0.675. The van der Waals surface area contributed by atoms with Crippen molar-refractivity contribution in [3.05, 3.63) is 35.6 Å². The number of nitrogens with zero attached hydrogens (tertiary/aromatic N) is 2. The van der Waals surface area contributed by atoms with Crippen LogP contribution in [0.5, 0.6) is 0 Å². The fourth-order valence-electron chi connectivity index (χ4n) is 4.92. The molecule has 8 nitrogen and oxygen atoms in total. The summed E-state index contributed by atoms with van der Waals surface area (Å²) in [6, 6.07) is 3.73. The second-order valence-corrected chi connectivity index (χ2v) is 11.2. The van der Waals surface area contributed by atoms with Crippen LogP contribution in [0.3, 0.4) is 0 Å². The fourth-order valence-corrected chi connectivity index (χ4v) is 6.64. The Balaban J connectivity index is 1.40. The van der Waals surface area contributed by atoms with Crippen molar-refractivity contribution in [1.82, 2.24) is 14.8 Å². The van der Waals surface area contributed by atoms with Crippen LogP contribution in [0.1, 0.15) is 63.2 Å². The Kier molecular flexibility index (Phi) is 7.09. The van der Waals surface area contributed by atoms with Gasteiger partial charge in [0.15, 0.2) is 10.7 Å². The zero-order valence-electron chi connectivity index (χ0n) is 19.5. The average Bonchev–Trinajstić information content (AvgIpc) is 3.45. The molecule has 0 bridgehead atoms. The van der Waals surface area contributed by atoms with Crippen molar-refractivity contribution in [2.45, 2.75) is 63.8 Å². The first-order valence-corrected chi connectivity index (χ1v) is 13.2. The molecular weight excluding hydrogens is 442 g/mol. The summed E-state index contributed by atoms with van der Waals surface area (Å²) in [4.78, 5) is 13.0. The predicted molar refractivity (Wildman–Crippen MR) is 124 cm³/mol. The van der Waals surface area contributed by atoms with E-state index in [9.17, 15) is 13.2 Å². The first-order chi connectivity index (χ1) is 15.8. The van der Waals surface area contributed by atoms with Crippen LogP contribution in [0.4, 0.5) is 0 Å². The monoisotopic (exact) mass is 475 g/mol. The number of amides is 1. The number of aryl methyl sites for hydroxylation is 1. The number of piperidine rings is 1. The highest BCUT2D eigenvalue weighted by molar-refractivity contribution is 7.89. The van der Waals surface area contributed by atoms with Crippen molar-refractivity contribution in [2.24, 2.45) is 17.8 Å². The third-order valence-corrected chi connectivity index (χ3v) is 9.29. The summed E-state index contributed by atoms with van der Waals surface area (Å²) < 4.78 is 38.8. The molecule has 0 aromatic carbocycles. The van der Waals surface area contributed by atoms with Gasteiger partial charge in [-0.3, -0.25) is 4.79 Å². The largest absolute Gasteiger partial charge is 0.465 e. The van der Waals surface area contributed by atoms with Gasteiger partial charge in [0, 0.05) is 25.0 Å². The van der Waals surface area contributed by atoms with Gasteiger partial charge >= 0.3 is 0 Å². The van der Waals surface area contributed by atoms with Gasteiger partial charge in [0.25, 0.3) is 0 Å². The van der Waals surface area contributed by atoms with E-state index in [0.29, 0.717) is 49.2 Å². The third-order valence-electron chi connectivity index (χ3n) is 7.23. The average molecular weight is 476 g/mol. The van der Waals surface area contributed by atoms with Crippen molar-refractivity contribution in [3.63, 3.8) is 0 Å². The number of aromatic nitrogens is 1. The van der Waals surface area contributed by atoms with Crippen molar-refractivity contribution in [3.8, 4) is 0 Å². The number of hydrogen-bond donors (Lipinski definition) is 1. The van der Waals surface area contributed by atoms with Crippen molar-refractivity contribution < 1.29 is 22.2 Å². The molecule has 2 aromatic heterocycles. The van der Waals surface area contributed by atoms with Crippen molar-refractivity contribution in [1.29, 1.82) is 0 Å². The molecular formula is C24H33N3O5S. The normalized spacial score (nSPS) is 25.5. The van der Waals surface area contributed by atoms with Crippen LogP contribution < -0.4 is 5.32 Å².